The molecule has 0 aliphatic carbocycles. The normalized spacial score (nSPS) is 12.7. The molecule has 0 rings (SSSR count). The molecular formula is C8H12BrNO3. The number of nitrogens with zero attached hydrogens (tertiary/aromatic N) is 1. The molecule has 0 bridgehead atoms. The summed E-state index contributed by atoms with van der Waals surface area (Å²) in [4.78, 5) is 9.93. The van der Waals surface area contributed by atoms with Crippen molar-refractivity contribution in [2.24, 2.45) is 0 Å². The van der Waals surface area contributed by atoms with Gasteiger partial charge in [0.05, 0.1) is 12.9 Å². The van der Waals surface area contributed by atoms with Crippen LogP contribution in [0.5, 0.6) is 0 Å². The molecular weight excluding hydrogens is 238 g/mol. The second-order valence-corrected chi connectivity index (χ2v) is 3.05. The van der Waals surface area contributed by atoms with E-state index in [1.165, 1.54) is 12.3 Å². The maximum Gasteiger partial charge on any atom is 0.234 e. The monoisotopic (exact) mass is 249 g/mol. The van der Waals surface area contributed by atoms with Crippen LogP contribution in [0.2, 0.25) is 0 Å². The van der Waals surface area contributed by atoms with Gasteiger partial charge in [-0.15, -0.1) is 0 Å². The minimum atomic E-state index is -0.719. The SMILES string of the molecule is C=CC(C/C=C/OCCBr)[N+](=O)[O-]. The predicted molar refractivity (Wildman–Crippen MR) is 54.5 cm³/mol. The Morgan fingerprint density at radius 3 is 2.85 bits per heavy atom. The fraction of sp³-hybridized carbons (Fsp3) is 0.500. The highest BCUT2D eigenvalue weighted by atomic mass is 79.9. The van der Waals surface area contributed by atoms with Crippen molar-refractivity contribution in [3.63, 3.8) is 0 Å². The Bertz CT molecular complexity index is 194. The van der Waals surface area contributed by atoms with E-state index < -0.39 is 6.04 Å². The highest BCUT2D eigenvalue weighted by Gasteiger charge is 2.11. The lowest BCUT2D eigenvalue weighted by Gasteiger charge is -1.99. The first-order valence-electron chi connectivity index (χ1n) is 3.81. The molecule has 1 atom stereocenters. The zero-order chi connectivity index (χ0) is 10.1. The number of alkyl halides is 1. The van der Waals surface area contributed by atoms with E-state index in [1.807, 2.05) is 0 Å². The highest BCUT2D eigenvalue weighted by molar-refractivity contribution is 9.09. The zero-order valence-electron chi connectivity index (χ0n) is 7.19. The molecule has 4 nitrogen and oxygen atoms in total. The standard InChI is InChI=1S/C8H12BrNO3/c1-2-8(10(11)12)4-3-6-13-7-5-9/h2-3,6,8H,1,4-5,7H2/b6-3+. The number of ether oxygens (including phenoxy) is 1. The quantitative estimate of drug-likeness (QED) is 0.174. The van der Waals surface area contributed by atoms with Gasteiger partial charge in [0.1, 0.15) is 0 Å². The van der Waals surface area contributed by atoms with E-state index in [-0.39, 0.29) is 4.92 Å². The molecule has 0 aliphatic rings. The van der Waals surface area contributed by atoms with E-state index >= 15 is 0 Å². The molecule has 5 heteroatoms. The number of halogens is 1. The fourth-order valence-corrected chi connectivity index (χ4v) is 0.831. The summed E-state index contributed by atoms with van der Waals surface area (Å²) in [6, 6.07) is -0.719. The maximum atomic E-state index is 10.3. The third-order valence-electron chi connectivity index (χ3n) is 1.31. The van der Waals surface area contributed by atoms with Gasteiger partial charge in [-0.25, -0.2) is 0 Å². The van der Waals surface area contributed by atoms with Crippen LogP contribution < -0.4 is 0 Å². The number of nitro groups is 1. The molecule has 1 unspecified atom stereocenters. The van der Waals surface area contributed by atoms with E-state index in [1.54, 1.807) is 6.08 Å². The molecule has 13 heavy (non-hydrogen) atoms. The van der Waals surface area contributed by atoms with E-state index in [9.17, 15) is 10.1 Å². The lowest BCUT2D eigenvalue weighted by atomic mass is 10.2. The second kappa shape index (κ2) is 7.79. The first-order chi connectivity index (χ1) is 6.22. The topological polar surface area (TPSA) is 52.4 Å². The van der Waals surface area contributed by atoms with Crippen molar-refractivity contribution in [1.82, 2.24) is 0 Å². The van der Waals surface area contributed by atoms with Gasteiger partial charge in [-0.05, 0) is 12.2 Å². The van der Waals surface area contributed by atoms with Gasteiger partial charge in [-0.2, -0.15) is 0 Å². The van der Waals surface area contributed by atoms with Crippen molar-refractivity contribution >= 4 is 15.9 Å². The smallest absolute Gasteiger partial charge is 0.234 e. The van der Waals surface area contributed by atoms with Crippen LogP contribution in [0.25, 0.3) is 0 Å². The Kier molecular flexibility index (Phi) is 7.29. The third kappa shape index (κ3) is 6.33. The van der Waals surface area contributed by atoms with Crippen LogP contribution in [0.1, 0.15) is 6.42 Å². The Hall–Kier alpha value is -0.840. The van der Waals surface area contributed by atoms with Gasteiger partial charge in [0.2, 0.25) is 6.04 Å². The molecule has 0 aromatic heterocycles. The van der Waals surface area contributed by atoms with Gasteiger partial charge in [0.15, 0.2) is 0 Å². The van der Waals surface area contributed by atoms with Crippen LogP contribution in [0.15, 0.2) is 25.0 Å². The lowest BCUT2D eigenvalue weighted by Crippen LogP contribution is -2.14. The van der Waals surface area contributed by atoms with Crippen LogP contribution in [0, 0.1) is 10.1 Å². The molecule has 0 aliphatic heterocycles. The molecule has 0 aromatic rings. The summed E-state index contributed by atoms with van der Waals surface area (Å²) < 4.78 is 4.97. The Morgan fingerprint density at radius 1 is 1.69 bits per heavy atom. The summed E-state index contributed by atoms with van der Waals surface area (Å²) in [7, 11) is 0. The number of hydrogen-bond donors (Lipinski definition) is 0. The van der Waals surface area contributed by atoms with Crippen LogP contribution in [-0.2, 0) is 4.74 Å². The predicted octanol–water partition coefficient (Wildman–Crippen LogP) is 2.13. The van der Waals surface area contributed by atoms with Crippen molar-refractivity contribution in [2.45, 2.75) is 12.5 Å². The van der Waals surface area contributed by atoms with Gasteiger partial charge >= 0.3 is 0 Å². The molecule has 0 radical (unpaired) electrons. The summed E-state index contributed by atoms with van der Waals surface area (Å²) in [6.45, 7) is 3.94. The van der Waals surface area contributed by atoms with E-state index in [4.69, 9.17) is 4.74 Å². The summed E-state index contributed by atoms with van der Waals surface area (Å²) in [5, 5.41) is 11.1. The van der Waals surface area contributed by atoms with Gasteiger partial charge in [-0.3, -0.25) is 10.1 Å². The van der Waals surface area contributed by atoms with Crippen LogP contribution >= 0.6 is 15.9 Å². The van der Waals surface area contributed by atoms with Crippen LogP contribution in [0.3, 0.4) is 0 Å². The van der Waals surface area contributed by atoms with Gasteiger partial charge in [0.25, 0.3) is 0 Å². The lowest BCUT2D eigenvalue weighted by molar-refractivity contribution is -0.508. The van der Waals surface area contributed by atoms with Crippen molar-refractivity contribution in [3.05, 3.63) is 35.1 Å². The summed E-state index contributed by atoms with van der Waals surface area (Å²) in [5.74, 6) is 0. The Morgan fingerprint density at radius 2 is 2.38 bits per heavy atom. The van der Waals surface area contributed by atoms with Crippen LogP contribution in [-0.4, -0.2) is 22.9 Å². The average molecular weight is 250 g/mol. The average Bonchev–Trinajstić information content (AvgIpc) is 2.10. The molecule has 0 N–H and O–H groups in total. The number of rotatable bonds is 7. The van der Waals surface area contributed by atoms with E-state index in [0.717, 1.165) is 5.33 Å². The fourth-order valence-electron chi connectivity index (χ4n) is 0.644. The summed E-state index contributed by atoms with van der Waals surface area (Å²) in [6.07, 6.45) is 4.73. The van der Waals surface area contributed by atoms with Gasteiger partial charge in [0, 0.05) is 16.7 Å². The molecule has 0 spiro atoms. The van der Waals surface area contributed by atoms with Crippen molar-refractivity contribution in [1.29, 1.82) is 0 Å². The maximum absolute atomic E-state index is 10.3. The summed E-state index contributed by atoms with van der Waals surface area (Å²) in [5.41, 5.74) is 0. The number of hydrogen-bond acceptors (Lipinski definition) is 3. The molecule has 0 saturated heterocycles. The summed E-state index contributed by atoms with van der Waals surface area (Å²) >= 11 is 3.18. The van der Waals surface area contributed by atoms with E-state index in [2.05, 4.69) is 22.5 Å². The van der Waals surface area contributed by atoms with Crippen molar-refractivity contribution in [2.75, 3.05) is 11.9 Å². The minimum absolute atomic E-state index is 0.318. The molecule has 74 valence electrons. The molecule has 0 heterocycles. The zero-order valence-corrected chi connectivity index (χ0v) is 8.77. The first kappa shape index (κ1) is 12.2. The Labute approximate surface area is 85.5 Å². The van der Waals surface area contributed by atoms with E-state index in [0.29, 0.717) is 13.0 Å². The first-order valence-corrected chi connectivity index (χ1v) is 4.93. The van der Waals surface area contributed by atoms with Crippen LogP contribution in [0.4, 0.5) is 0 Å². The largest absolute Gasteiger partial charge is 0.501 e. The van der Waals surface area contributed by atoms with Gasteiger partial charge < -0.3 is 4.74 Å². The minimum Gasteiger partial charge on any atom is -0.501 e. The Balaban J connectivity index is 3.65. The van der Waals surface area contributed by atoms with Crippen molar-refractivity contribution in [3.8, 4) is 0 Å². The third-order valence-corrected chi connectivity index (χ3v) is 1.63. The van der Waals surface area contributed by atoms with Crippen molar-refractivity contribution < 1.29 is 9.66 Å². The second-order valence-electron chi connectivity index (χ2n) is 2.26. The molecule has 0 fully saturated rings. The highest BCUT2D eigenvalue weighted by Crippen LogP contribution is 1.99. The molecule has 0 saturated carbocycles. The molecule has 0 aromatic carbocycles. The van der Waals surface area contributed by atoms with Gasteiger partial charge in [-0.1, -0.05) is 22.5 Å². The molecule has 0 amide bonds.